The molecule has 1 N–H and O–H groups in total. The number of benzene rings is 2. The van der Waals surface area contributed by atoms with E-state index in [0.717, 1.165) is 0 Å². The van der Waals surface area contributed by atoms with E-state index < -0.39 is 5.97 Å². The lowest BCUT2D eigenvalue weighted by Gasteiger charge is -2.05. The van der Waals surface area contributed by atoms with Crippen LogP contribution in [-0.4, -0.2) is 17.7 Å². The monoisotopic (exact) mass is 244 g/mol. The first-order valence-corrected chi connectivity index (χ1v) is 5.70. The van der Waals surface area contributed by atoms with Crippen molar-refractivity contribution in [2.24, 2.45) is 0 Å². The van der Waals surface area contributed by atoms with Gasteiger partial charge in [0.1, 0.15) is 11.3 Å². The summed E-state index contributed by atoms with van der Waals surface area (Å²) in [6.07, 6.45) is 0. The molecule has 2 aromatic carbocycles. The van der Waals surface area contributed by atoms with Gasteiger partial charge < -0.3 is 9.84 Å². The zero-order valence-corrected chi connectivity index (χ0v) is 10.2. The van der Waals surface area contributed by atoms with E-state index >= 15 is 0 Å². The van der Waals surface area contributed by atoms with E-state index in [-0.39, 0.29) is 5.56 Å². The molecule has 18 heavy (non-hydrogen) atoms. The summed E-state index contributed by atoms with van der Waals surface area (Å²) in [7, 11) is 0. The minimum atomic E-state index is -0.959. The van der Waals surface area contributed by atoms with Gasteiger partial charge in [-0.3, -0.25) is 0 Å². The Balaban J connectivity index is 0.000000225. The Labute approximate surface area is 107 Å². The molecule has 0 atom stereocenters. The Hall–Kier alpha value is -2.29. The number of ether oxygens (including phenoxy) is 1. The average molecular weight is 244 g/mol. The zero-order chi connectivity index (χ0) is 13.2. The Bertz CT molecular complexity index is 439. The van der Waals surface area contributed by atoms with Gasteiger partial charge in [0.2, 0.25) is 0 Å². The summed E-state index contributed by atoms with van der Waals surface area (Å²) in [5, 5.41) is 8.71. The van der Waals surface area contributed by atoms with Crippen molar-refractivity contribution in [3.05, 3.63) is 66.2 Å². The molecule has 94 valence electrons. The molecular formula is C15H16O3. The summed E-state index contributed by atoms with van der Waals surface area (Å²) in [6, 6.07) is 18.6. The molecule has 0 amide bonds. The van der Waals surface area contributed by atoms with Crippen molar-refractivity contribution in [2.45, 2.75) is 6.92 Å². The molecule has 0 bridgehead atoms. The molecule has 0 aliphatic heterocycles. The van der Waals surface area contributed by atoms with Gasteiger partial charge in [0.25, 0.3) is 0 Å². The predicted molar refractivity (Wildman–Crippen MR) is 71.0 cm³/mol. The van der Waals surface area contributed by atoms with Gasteiger partial charge in [-0.05, 0) is 19.1 Å². The highest BCUT2D eigenvalue weighted by molar-refractivity contribution is 5.90. The van der Waals surface area contributed by atoms with Crippen LogP contribution in [0.4, 0.5) is 0 Å². The fraction of sp³-hybridized carbons (Fsp3) is 0.133. The van der Waals surface area contributed by atoms with Crippen LogP contribution in [0.1, 0.15) is 17.3 Å². The zero-order valence-electron chi connectivity index (χ0n) is 10.2. The normalized spacial score (nSPS) is 8.94. The molecule has 0 aromatic heterocycles. The highest BCUT2D eigenvalue weighted by Crippen LogP contribution is 2.17. The molecule has 0 radical (unpaired) electrons. The number of carboxylic acids is 1. The third kappa shape index (κ3) is 4.70. The molecule has 0 spiro atoms. The SMILES string of the molecule is CCOc1ccccc1C(=O)O.c1ccccc1. The topological polar surface area (TPSA) is 46.5 Å². The number of carboxylic acid groups (broad SMARTS) is 1. The van der Waals surface area contributed by atoms with Crippen LogP contribution in [0, 0.1) is 0 Å². The van der Waals surface area contributed by atoms with Crippen molar-refractivity contribution in [1.29, 1.82) is 0 Å². The van der Waals surface area contributed by atoms with Crippen molar-refractivity contribution < 1.29 is 14.6 Å². The molecule has 3 nitrogen and oxygen atoms in total. The van der Waals surface area contributed by atoms with Gasteiger partial charge >= 0.3 is 5.97 Å². The molecule has 0 saturated heterocycles. The molecule has 0 aliphatic carbocycles. The van der Waals surface area contributed by atoms with Gasteiger partial charge in [-0.15, -0.1) is 0 Å². The van der Waals surface area contributed by atoms with E-state index in [4.69, 9.17) is 9.84 Å². The minimum absolute atomic E-state index is 0.208. The third-order valence-electron chi connectivity index (χ3n) is 2.08. The standard InChI is InChI=1S/C9H10O3.C6H6/c1-2-12-8-6-4-3-5-7(8)9(10)11;1-2-4-6-5-3-1/h3-6H,2H2,1H3,(H,10,11);1-6H. The van der Waals surface area contributed by atoms with Crippen LogP contribution in [0.5, 0.6) is 5.75 Å². The first-order valence-electron chi connectivity index (χ1n) is 5.70. The summed E-state index contributed by atoms with van der Waals surface area (Å²) in [5.41, 5.74) is 0.208. The van der Waals surface area contributed by atoms with E-state index in [2.05, 4.69) is 0 Å². The van der Waals surface area contributed by atoms with E-state index in [1.807, 2.05) is 43.3 Å². The van der Waals surface area contributed by atoms with Crippen LogP contribution < -0.4 is 4.74 Å². The highest BCUT2D eigenvalue weighted by atomic mass is 16.5. The Morgan fingerprint density at radius 1 is 1.00 bits per heavy atom. The molecule has 2 rings (SSSR count). The second-order valence-electron chi connectivity index (χ2n) is 3.39. The van der Waals surface area contributed by atoms with Crippen molar-refractivity contribution in [3.63, 3.8) is 0 Å². The van der Waals surface area contributed by atoms with Gasteiger partial charge in [0.05, 0.1) is 6.61 Å². The molecule has 0 aliphatic rings. The lowest BCUT2D eigenvalue weighted by molar-refractivity contribution is 0.0692. The molecule has 0 unspecified atom stereocenters. The Morgan fingerprint density at radius 2 is 1.50 bits per heavy atom. The smallest absolute Gasteiger partial charge is 0.339 e. The van der Waals surface area contributed by atoms with E-state index in [9.17, 15) is 4.79 Å². The number of para-hydroxylation sites is 1. The fourth-order valence-corrected chi connectivity index (χ4v) is 1.31. The summed E-state index contributed by atoms with van der Waals surface area (Å²) < 4.78 is 5.12. The highest BCUT2D eigenvalue weighted by Gasteiger charge is 2.08. The summed E-state index contributed by atoms with van der Waals surface area (Å²) >= 11 is 0. The van der Waals surface area contributed by atoms with Crippen LogP contribution in [0.15, 0.2) is 60.7 Å². The van der Waals surface area contributed by atoms with Gasteiger partial charge in [-0.2, -0.15) is 0 Å². The quantitative estimate of drug-likeness (QED) is 0.899. The minimum Gasteiger partial charge on any atom is -0.493 e. The molecule has 3 heteroatoms. The predicted octanol–water partition coefficient (Wildman–Crippen LogP) is 3.47. The summed E-state index contributed by atoms with van der Waals surface area (Å²) in [4.78, 5) is 10.6. The summed E-state index contributed by atoms with van der Waals surface area (Å²) in [5.74, 6) is -0.536. The number of rotatable bonds is 3. The molecule has 2 aromatic rings. The molecule has 0 saturated carbocycles. The average Bonchev–Trinajstić information content (AvgIpc) is 2.42. The van der Waals surface area contributed by atoms with Crippen molar-refractivity contribution in [3.8, 4) is 5.75 Å². The van der Waals surface area contributed by atoms with Crippen molar-refractivity contribution >= 4 is 5.97 Å². The molecular weight excluding hydrogens is 228 g/mol. The first kappa shape index (κ1) is 13.8. The van der Waals surface area contributed by atoms with Gasteiger partial charge in [-0.25, -0.2) is 4.79 Å². The first-order chi connectivity index (χ1) is 8.75. The van der Waals surface area contributed by atoms with E-state index in [1.165, 1.54) is 6.07 Å². The van der Waals surface area contributed by atoms with Gasteiger partial charge in [0.15, 0.2) is 0 Å². The Morgan fingerprint density at radius 3 is 1.94 bits per heavy atom. The van der Waals surface area contributed by atoms with Crippen molar-refractivity contribution in [1.82, 2.24) is 0 Å². The molecule has 0 fully saturated rings. The number of carbonyl (C=O) groups is 1. The number of aromatic carboxylic acids is 1. The van der Waals surface area contributed by atoms with Crippen LogP contribution in [0.3, 0.4) is 0 Å². The van der Waals surface area contributed by atoms with Crippen LogP contribution in [0.2, 0.25) is 0 Å². The second-order valence-corrected chi connectivity index (χ2v) is 3.39. The second kappa shape index (κ2) is 7.90. The lowest BCUT2D eigenvalue weighted by Crippen LogP contribution is -2.01. The van der Waals surface area contributed by atoms with E-state index in [0.29, 0.717) is 12.4 Å². The van der Waals surface area contributed by atoms with Gasteiger partial charge in [-0.1, -0.05) is 48.5 Å². The van der Waals surface area contributed by atoms with E-state index in [1.54, 1.807) is 18.2 Å². The fourth-order valence-electron chi connectivity index (χ4n) is 1.31. The maximum Gasteiger partial charge on any atom is 0.339 e. The largest absolute Gasteiger partial charge is 0.493 e. The Kier molecular flexibility index (Phi) is 6.04. The maximum absolute atomic E-state index is 10.6. The number of hydrogen-bond acceptors (Lipinski definition) is 2. The van der Waals surface area contributed by atoms with Crippen LogP contribution in [-0.2, 0) is 0 Å². The molecule has 0 heterocycles. The van der Waals surface area contributed by atoms with Crippen LogP contribution in [0.25, 0.3) is 0 Å². The van der Waals surface area contributed by atoms with Crippen LogP contribution >= 0.6 is 0 Å². The number of hydrogen-bond donors (Lipinski definition) is 1. The third-order valence-corrected chi connectivity index (χ3v) is 2.08. The van der Waals surface area contributed by atoms with Crippen molar-refractivity contribution in [2.75, 3.05) is 6.61 Å². The maximum atomic E-state index is 10.6. The summed E-state index contributed by atoms with van der Waals surface area (Å²) in [6.45, 7) is 2.29. The van der Waals surface area contributed by atoms with Gasteiger partial charge in [0, 0.05) is 0 Å². The lowest BCUT2D eigenvalue weighted by atomic mass is 10.2.